The van der Waals surface area contributed by atoms with Crippen molar-refractivity contribution in [3.8, 4) is 0 Å². The van der Waals surface area contributed by atoms with Crippen LogP contribution in [-0.4, -0.2) is 30.8 Å². The van der Waals surface area contributed by atoms with E-state index in [4.69, 9.17) is 4.74 Å². The summed E-state index contributed by atoms with van der Waals surface area (Å²) in [5, 5.41) is 4.84. The van der Waals surface area contributed by atoms with E-state index in [0.717, 1.165) is 32.0 Å². The number of ether oxygens (including phenoxy) is 1. The molecule has 0 spiro atoms. The first kappa shape index (κ1) is 14.5. The van der Waals surface area contributed by atoms with Crippen LogP contribution in [0.2, 0.25) is 0 Å². The summed E-state index contributed by atoms with van der Waals surface area (Å²) in [5.41, 5.74) is 0.301. The maximum atomic E-state index is 6.15. The first-order valence-corrected chi connectivity index (χ1v) is 8.79. The maximum Gasteiger partial charge on any atom is 0.0896 e. The van der Waals surface area contributed by atoms with Crippen molar-refractivity contribution in [1.29, 1.82) is 0 Å². The molecule has 4 heteroatoms. The Bertz CT molecular complexity index is 443. The van der Waals surface area contributed by atoms with Gasteiger partial charge in [0.25, 0.3) is 0 Å². The van der Waals surface area contributed by atoms with Crippen LogP contribution in [0.15, 0.2) is 6.20 Å². The quantitative estimate of drug-likeness (QED) is 0.784. The molecule has 0 bridgehead atoms. The van der Waals surface area contributed by atoms with Gasteiger partial charge in [0.15, 0.2) is 0 Å². The average Bonchev–Trinajstić information content (AvgIpc) is 3.07. The Labute approximate surface area is 126 Å². The van der Waals surface area contributed by atoms with Crippen molar-refractivity contribution in [2.45, 2.75) is 52.1 Å². The van der Waals surface area contributed by atoms with Gasteiger partial charge in [-0.1, -0.05) is 6.92 Å². The van der Waals surface area contributed by atoms with Gasteiger partial charge >= 0.3 is 0 Å². The van der Waals surface area contributed by atoms with E-state index in [1.165, 1.54) is 35.6 Å². The molecular formula is C16H26N2OS. The van der Waals surface area contributed by atoms with E-state index in [2.05, 4.69) is 30.3 Å². The molecule has 1 aromatic rings. The molecule has 1 saturated heterocycles. The predicted octanol–water partition coefficient (Wildman–Crippen LogP) is 3.18. The van der Waals surface area contributed by atoms with Crippen molar-refractivity contribution < 1.29 is 4.74 Å². The Balaban J connectivity index is 1.74. The van der Waals surface area contributed by atoms with Crippen molar-refractivity contribution in [2.75, 3.05) is 19.7 Å². The SMILES string of the molecule is CCCNCC1(Cc2cnc(C)s2)CCOC1C1CC1. The Hall–Kier alpha value is -0.450. The highest BCUT2D eigenvalue weighted by Crippen LogP contribution is 2.49. The summed E-state index contributed by atoms with van der Waals surface area (Å²) in [6.07, 6.45) is 8.80. The number of rotatable bonds is 7. The molecule has 112 valence electrons. The third-order valence-corrected chi connectivity index (χ3v) is 5.56. The van der Waals surface area contributed by atoms with Crippen molar-refractivity contribution >= 4 is 11.3 Å². The molecule has 1 saturated carbocycles. The van der Waals surface area contributed by atoms with E-state index in [0.29, 0.717) is 11.5 Å². The minimum absolute atomic E-state index is 0.301. The molecule has 1 N–H and O–H groups in total. The summed E-state index contributed by atoms with van der Waals surface area (Å²) in [5.74, 6) is 0.815. The lowest BCUT2D eigenvalue weighted by Gasteiger charge is -2.34. The van der Waals surface area contributed by atoms with Crippen LogP contribution in [0.4, 0.5) is 0 Å². The second kappa shape index (κ2) is 6.12. The summed E-state index contributed by atoms with van der Waals surface area (Å²) in [6.45, 7) is 7.47. The highest BCUT2D eigenvalue weighted by Gasteiger charge is 2.50. The fourth-order valence-electron chi connectivity index (χ4n) is 3.53. The van der Waals surface area contributed by atoms with Crippen LogP contribution in [0, 0.1) is 18.3 Å². The van der Waals surface area contributed by atoms with Crippen LogP contribution < -0.4 is 5.32 Å². The molecule has 3 nitrogen and oxygen atoms in total. The van der Waals surface area contributed by atoms with Gasteiger partial charge < -0.3 is 10.1 Å². The van der Waals surface area contributed by atoms with Gasteiger partial charge in [0.1, 0.15) is 0 Å². The van der Waals surface area contributed by atoms with E-state index in [-0.39, 0.29) is 0 Å². The molecule has 2 fully saturated rings. The smallest absolute Gasteiger partial charge is 0.0896 e. The third-order valence-electron chi connectivity index (χ3n) is 4.65. The Morgan fingerprint density at radius 3 is 3.00 bits per heavy atom. The third kappa shape index (κ3) is 3.07. The topological polar surface area (TPSA) is 34.2 Å². The molecule has 0 aromatic carbocycles. The number of nitrogens with zero attached hydrogens (tertiary/aromatic N) is 1. The zero-order valence-corrected chi connectivity index (χ0v) is 13.5. The Morgan fingerprint density at radius 2 is 2.35 bits per heavy atom. The van der Waals surface area contributed by atoms with Crippen LogP contribution in [0.5, 0.6) is 0 Å². The van der Waals surface area contributed by atoms with Gasteiger partial charge in [0.05, 0.1) is 11.1 Å². The number of hydrogen-bond donors (Lipinski definition) is 1. The van der Waals surface area contributed by atoms with Crippen molar-refractivity contribution in [3.63, 3.8) is 0 Å². The van der Waals surface area contributed by atoms with Gasteiger partial charge in [-0.15, -0.1) is 11.3 Å². The summed E-state index contributed by atoms with van der Waals surface area (Å²) in [4.78, 5) is 5.86. The second-order valence-corrected chi connectivity index (χ2v) is 7.76. The second-order valence-electron chi connectivity index (χ2n) is 6.44. The lowest BCUT2D eigenvalue weighted by molar-refractivity contribution is 0.0310. The summed E-state index contributed by atoms with van der Waals surface area (Å²) < 4.78 is 6.15. The molecule has 2 aliphatic rings. The Kier molecular flexibility index (Phi) is 4.43. The lowest BCUT2D eigenvalue weighted by atomic mass is 9.75. The highest BCUT2D eigenvalue weighted by molar-refractivity contribution is 7.11. The Morgan fingerprint density at radius 1 is 1.50 bits per heavy atom. The van der Waals surface area contributed by atoms with Crippen molar-refractivity contribution in [3.05, 3.63) is 16.1 Å². The molecule has 2 unspecified atom stereocenters. The fraction of sp³-hybridized carbons (Fsp3) is 0.812. The lowest BCUT2D eigenvalue weighted by Crippen LogP contribution is -2.43. The first-order valence-electron chi connectivity index (χ1n) is 7.97. The largest absolute Gasteiger partial charge is 0.377 e. The maximum absolute atomic E-state index is 6.15. The summed E-state index contributed by atoms with van der Waals surface area (Å²) in [6, 6.07) is 0. The van der Waals surface area contributed by atoms with Gasteiger partial charge in [-0.2, -0.15) is 0 Å². The minimum atomic E-state index is 0.301. The number of aryl methyl sites for hydroxylation is 1. The molecule has 20 heavy (non-hydrogen) atoms. The molecule has 0 amide bonds. The molecule has 2 heterocycles. The van der Waals surface area contributed by atoms with Crippen LogP contribution in [0.1, 0.15) is 42.5 Å². The van der Waals surface area contributed by atoms with Gasteiger partial charge in [-0.25, -0.2) is 4.98 Å². The van der Waals surface area contributed by atoms with Crippen LogP contribution in [-0.2, 0) is 11.2 Å². The number of thiazole rings is 1. The monoisotopic (exact) mass is 294 g/mol. The van der Waals surface area contributed by atoms with E-state index in [1.807, 2.05) is 11.3 Å². The van der Waals surface area contributed by atoms with Crippen molar-refractivity contribution in [2.24, 2.45) is 11.3 Å². The van der Waals surface area contributed by atoms with E-state index in [1.54, 1.807) is 0 Å². The average molecular weight is 294 g/mol. The summed E-state index contributed by atoms with van der Waals surface area (Å²) in [7, 11) is 0. The van der Waals surface area contributed by atoms with E-state index < -0.39 is 0 Å². The first-order chi connectivity index (χ1) is 9.73. The number of nitrogens with one attached hydrogen (secondary N) is 1. The van der Waals surface area contributed by atoms with Crippen LogP contribution in [0.25, 0.3) is 0 Å². The standard InChI is InChI=1S/C16H26N2OS/c1-3-7-17-11-16(9-14-10-18-12(2)20-14)6-8-19-15(16)13-4-5-13/h10,13,15,17H,3-9,11H2,1-2H3. The van der Waals surface area contributed by atoms with Gasteiger partial charge in [0.2, 0.25) is 0 Å². The molecular weight excluding hydrogens is 268 g/mol. The minimum Gasteiger partial charge on any atom is -0.377 e. The van der Waals surface area contributed by atoms with Crippen molar-refractivity contribution in [1.82, 2.24) is 10.3 Å². The number of aromatic nitrogens is 1. The van der Waals surface area contributed by atoms with Gasteiger partial charge in [0, 0.05) is 29.6 Å². The van der Waals surface area contributed by atoms with Gasteiger partial charge in [-0.3, -0.25) is 0 Å². The van der Waals surface area contributed by atoms with E-state index in [9.17, 15) is 0 Å². The van der Waals surface area contributed by atoms with Crippen LogP contribution in [0.3, 0.4) is 0 Å². The molecule has 1 aliphatic heterocycles. The molecule has 1 aromatic heterocycles. The predicted molar refractivity (Wildman–Crippen MR) is 83.2 cm³/mol. The molecule has 1 aliphatic carbocycles. The van der Waals surface area contributed by atoms with Crippen LogP contribution >= 0.6 is 11.3 Å². The molecule has 3 rings (SSSR count). The fourth-order valence-corrected chi connectivity index (χ4v) is 4.48. The normalized spacial score (nSPS) is 30.0. The summed E-state index contributed by atoms with van der Waals surface area (Å²) >= 11 is 1.85. The zero-order valence-electron chi connectivity index (χ0n) is 12.7. The number of hydrogen-bond acceptors (Lipinski definition) is 4. The molecule has 2 atom stereocenters. The zero-order chi connectivity index (χ0) is 14.0. The highest BCUT2D eigenvalue weighted by atomic mass is 32.1. The molecule has 0 radical (unpaired) electrons. The van der Waals surface area contributed by atoms with E-state index >= 15 is 0 Å². The van der Waals surface area contributed by atoms with Gasteiger partial charge in [-0.05, 0) is 51.5 Å².